The highest BCUT2D eigenvalue weighted by atomic mass is 16.2. The Morgan fingerprint density at radius 1 is 0.864 bits per heavy atom. The topological polar surface area (TPSA) is 37.4 Å². The number of fused-ring (bicyclic) bond motifs is 2. The number of hydrogen-bond acceptors (Lipinski definition) is 2. The Hall–Kier alpha value is -2.16. The number of benzene rings is 2. The van der Waals surface area contributed by atoms with Crippen molar-refractivity contribution in [2.24, 2.45) is 11.8 Å². The molecule has 0 unspecified atom stereocenters. The van der Waals surface area contributed by atoms with E-state index in [2.05, 4.69) is 0 Å². The molecular formula is C19H17NO2. The molecule has 0 N–H and O–H groups in total. The van der Waals surface area contributed by atoms with Gasteiger partial charge in [0.1, 0.15) is 0 Å². The van der Waals surface area contributed by atoms with Gasteiger partial charge in [-0.1, -0.05) is 30.7 Å². The maximum Gasteiger partial charge on any atom is 0.261 e. The minimum Gasteiger partial charge on any atom is -0.271 e. The summed E-state index contributed by atoms with van der Waals surface area (Å²) in [7, 11) is 0. The highest BCUT2D eigenvalue weighted by Gasteiger charge is 2.47. The summed E-state index contributed by atoms with van der Waals surface area (Å²) in [6, 6.07) is 11.6. The first-order valence-electron chi connectivity index (χ1n) is 8.13. The van der Waals surface area contributed by atoms with E-state index < -0.39 is 0 Å². The van der Waals surface area contributed by atoms with Gasteiger partial charge in [0.2, 0.25) is 0 Å². The third-order valence-corrected chi connectivity index (χ3v) is 5.84. The highest BCUT2D eigenvalue weighted by Crippen LogP contribution is 2.48. The van der Waals surface area contributed by atoms with Crippen molar-refractivity contribution < 1.29 is 9.59 Å². The molecule has 3 heteroatoms. The fourth-order valence-electron chi connectivity index (χ4n) is 4.88. The van der Waals surface area contributed by atoms with Crippen molar-refractivity contribution in [2.45, 2.75) is 31.7 Å². The van der Waals surface area contributed by atoms with Crippen LogP contribution in [0.5, 0.6) is 0 Å². The Kier molecular flexibility index (Phi) is 2.36. The van der Waals surface area contributed by atoms with Crippen molar-refractivity contribution >= 4 is 22.6 Å². The monoisotopic (exact) mass is 291 g/mol. The van der Waals surface area contributed by atoms with E-state index in [4.69, 9.17) is 0 Å². The second kappa shape index (κ2) is 4.19. The first-order chi connectivity index (χ1) is 10.7. The Bertz CT molecular complexity index is 775. The minimum atomic E-state index is -0.0909. The second-order valence-corrected chi connectivity index (χ2v) is 6.93. The zero-order valence-corrected chi connectivity index (χ0v) is 12.3. The summed E-state index contributed by atoms with van der Waals surface area (Å²) in [6.45, 7) is 0. The maximum atomic E-state index is 13.0. The van der Waals surface area contributed by atoms with Crippen LogP contribution in [0, 0.1) is 11.8 Å². The third kappa shape index (κ3) is 1.46. The summed E-state index contributed by atoms with van der Waals surface area (Å²) in [4.78, 5) is 27.5. The van der Waals surface area contributed by atoms with Crippen molar-refractivity contribution in [3.05, 3.63) is 47.5 Å². The molecule has 22 heavy (non-hydrogen) atoms. The molecular weight excluding hydrogens is 274 g/mol. The number of imide groups is 1. The molecule has 1 aliphatic heterocycles. The number of carbonyl (C=O) groups excluding carboxylic acids is 2. The minimum absolute atomic E-state index is 0.0909. The molecule has 110 valence electrons. The van der Waals surface area contributed by atoms with Crippen LogP contribution in [0.15, 0.2) is 36.4 Å². The molecule has 2 aliphatic carbocycles. The molecule has 2 bridgehead atoms. The Morgan fingerprint density at radius 2 is 1.55 bits per heavy atom. The van der Waals surface area contributed by atoms with E-state index in [0.29, 0.717) is 23.0 Å². The van der Waals surface area contributed by atoms with Gasteiger partial charge in [-0.25, -0.2) is 0 Å². The van der Waals surface area contributed by atoms with Gasteiger partial charge in [0.25, 0.3) is 11.8 Å². The molecule has 0 aromatic heterocycles. The molecule has 2 aromatic carbocycles. The molecule has 1 heterocycles. The molecule has 2 aromatic rings. The van der Waals surface area contributed by atoms with Crippen molar-refractivity contribution in [1.29, 1.82) is 0 Å². The van der Waals surface area contributed by atoms with Crippen LogP contribution in [0.3, 0.4) is 0 Å². The SMILES string of the molecule is O=C1c2cccc3cccc(c23)C(=O)N1[C@@H]1C[C@@H]2CC[C@@H]1C2. The van der Waals surface area contributed by atoms with Crippen LogP contribution >= 0.6 is 0 Å². The molecule has 2 saturated carbocycles. The lowest BCUT2D eigenvalue weighted by molar-refractivity contribution is 0.0484. The van der Waals surface area contributed by atoms with Crippen LogP contribution in [0.4, 0.5) is 0 Å². The Labute approximate surface area is 128 Å². The van der Waals surface area contributed by atoms with Crippen molar-refractivity contribution in [3.63, 3.8) is 0 Å². The predicted molar refractivity (Wildman–Crippen MR) is 83.7 cm³/mol. The number of carbonyl (C=O) groups is 2. The van der Waals surface area contributed by atoms with Gasteiger partial charge in [0.15, 0.2) is 0 Å². The molecule has 3 nitrogen and oxygen atoms in total. The van der Waals surface area contributed by atoms with E-state index in [-0.39, 0.29) is 17.9 Å². The third-order valence-electron chi connectivity index (χ3n) is 5.84. The molecule has 2 fully saturated rings. The van der Waals surface area contributed by atoms with Crippen molar-refractivity contribution in [1.82, 2.24) is 4.90 Å². The van der Waals surface area contributed by atoms with E-state index in [1.54, 1.807) is 4.90 Å². The predicted octanol–water partition coefficient (Wildman–Crippen LogP) is 3.62. The first-order valence-corrected chi connectivity index (χ1v) is 8.13. The van der Waals surface area contributed by atoms with Gasteiger partial charge in [0.05, 0.1) is 0 Å². The standard InChI is InChI=1S/C19H17NO2/c21-18-14-5-1-3-12-4-2-6-15(17(12)14)19(22)20(18)16-10-11-7-8-13(16)9-11/h1-6,11,13,16H,7-10H2/t11-,13-,16-/m1/s1. The van der Waals surface area contributed by atoms with Gasteiger partial charge in [-0.2, -0.15) is 0 Å². The van der Waals surface area contributed by atoms with Crippen molar-refractivity contribution in [3.8, 4) is 0 Å². The van der Waals surface area contributed by atoms with Gasteiger partial charge >= 0.3 is 0 Å². The zero-order valence-electron chi connectivity index (χ0n) is 12.3. The van der Waals surface area contributed by atoms with Gasteiger partial charge in [0, 0.05) is 22.6 Å². The average molecular weight is 291 g/mol. The van der Waals surface area contributed by atoms with E-state index in [1.807, 2.05) is 36.4 Å². The molecule has 3 atom stereocenters. The van der Waals surface area contributed by atoms with Crippen LogP contribution in [-0.2, 0) is 0 Å². The van der Waals surface area contributed by atoms with E-state index in [1.165, 1.54) is 12.8 Å². The normalized spacial score (nSPS) is 29.6. The fourth-order valence-corrected chi connectivity index (χ4v) is 4.88. The molecule has 5 rings (SSSR count). The average Bonchev–Trinajstić information content (AvgIpc) is 3.16. The van der Waals surface area contributed by atoms with Gasteiger partial charge < -0.3 is 0 Å². The Balaban J connectivity index is 1.69. The van der Waals surface area contributed by atoms with E-state index in [0.717, 1.165) is 23.6 Å². The Morgan fingerprint density at radius 3 is 2.09 bits per heavy atom. The van der Waals surface area contributed by atoms with Crippen molar-refractivity contribution in [2.75, 3.05) is 0 Å². The van der Waals surface area contributed by atoms with E-state index >= 15 is 0 Å². The molecule has 2 amide bonds. The van der Waals surface area contributed by atoms with Crippen LogP contribution in [-0.4, -0.2) is 22.8 Å². The van der Waals surface area contributed by atoms with Crippen LogP contribution in [0.25, 0.3) is 10.8 Å². The summed E-state index contributed by atoms with van der Waals surface area (Å²) in [6.07, 6.45) is 4.62. The summed E-state index contributed by atoms with van der Waals surface area (Å²) >= 11 is 0. The summed E-state index contributed by atoms with van der Waals surface area (Å²) in [5, 5.41) is 1.81. The first kappa shape index (κ1) is 12.4. The van der Waals surface area contributed by atoms with Crippen LogP contribution in [0.2, 0.25) is 0 Å². The molecule has 0 radical (unpaired) electrons. The number of amides is 2. The van der Waals surface area contributed by atoms with Crippen LogP contribution < -0.4 is 0 Å². The summed E-state index contributed by atoms with van der Waals surface area (Å²) in [5.41, 5.74) is 1.38. The molecule has 0 saturated heterocycles. The van der Waals surface area contributed by atoms with Gasteiger partial charge in [-0.3, -0.25) is 14.5 Å². The summed E-state index contributed by atoms with van der Waals surface area (Å²) in [5.74, 6) is 1.05. The fraction of sp³-hybridized carbons (Fsp3) is 0.368. The quantitative estimate of drug-likeness (QED) is 0.752. The van der Waals surface area contributed by atoms with Gasteiger partial charge in [-0.15, -0.1) is 0 Å². The number of nitrogens with zero attached hydrogens (tertiary/aromatic N) is 1. The number of hydrogen-bond donors (Lipinski definition) is 0. The smallest absolute Gasteiger partial charge is 0.261 e. The molecule has 0 spiro atoms. The summed E-state index contributed by atoms with van der Waals surface area (Å²) < 4.78 is 0. The van der Waals surface area contributed by atoms with Gasteiger partial charge in [-0.05, 0) is 48.6 Å². The molecule has 3 aliphatic rings. The van der Waals surface area contributed by atoms with Crippen LogP contribution in [0.1, 0.15) is 46.4 Å². The maximum absolute atomic E-state index is 13.0. The second-order valence-electron chi connectivity index (χ2n) is 6.93. The van der Waals surface area contributed by atoms with E-state index in [9.17, 15) is 9.59 Å². The lowest BCUT2D eigenvalue weighted by Gasteiger charge is -2.36. The number of rotatable bonds is 1. The lowest BCUT2D eigenvalue weighted by atomic mass is 9.89. The lowest BCUT2D eigenvalue weighted by Crippen LogP contribution is -2.49. The highest BCUT2D eigenvalue weighted by molar-refractivity contribution is 6.25. The zero-order chi connectivity index (χ0) is 14.8. The largest absolute Gasteiger partial charge is 0.271 e.